The number of hydrogen-bond donors (Lipinski definition) is 1. The molecule has 0 heterocycles. The Morgan fingerprint density at radius 1 is 1.23 bits per heavy atom. The van der Waals surface area contributed by atoms with Gasteiger partial charge < -0.3 is 5.73 Å². The molecule has 0 saturated carbocycles. The molecular weight excluding hydrogens is 172 g/mol. The van der Waals surface area contributed by atoms with Crippen molar-refractivity contribution in [2.75, 3.05) is 0 Å². The molecule has 1 aromatic rings. The van der Waals surface area contributed by atoms with Crippen LogP contribution in [0.3, 0.4) is 0 Å². The molecule has 1 atom stereocenters. The number of nitrogens with two attached hydrogens (primary N) is 1. The van der Waals surface area contributed by atoms with Gasteiger partial charge >= 0.3 is 0 Å². The Kier molecular flexibility index (Phi) is 2.66. The van der Waals surface area contributed by atoms with Crippen LogP contribution in [0, 0.1) is 6.92 Å². The zero-order valence-electron chi connectivity index (χ0n) is 7.72. The van der Waals surface area contributed by atoms with Crippen molar-refractivity contribution in [1.29, 1.82) is 0 Å². The molecule has 13 heavy (non-hydrogen) atoms. The van der Waals surface area contributed by atoms with E-state index in [1.807, 2.05) is 6.92 Å². The van der Waals surface area contributed by atoms with Crippen molar-refractivity contribution in [2.45, 2.75) is 25.8 Å². The van der Waals surface area contributed by atoms with Crippen molar-refractivity contribution in [1.82, 2.24) is 0 Å². The number of benzene rings is 1. The van der Waals surface area contributed by atoms with Gasteiger partial charge in [-0.3, -0.25) is 0 Å². The minimum Gasteiger partial charge on any atom is -0.323 e. The van der Waals surface area contributed by atoms with Crippen molar-refractivity contribution in [3.8, 4) is 0 Å². The number of halogens is 2. The van der Waals surface area contributed by atoms with Gasteiger partial charge in [-0.15, -0.1) is 0 Å². The monoisotopic (exact) mass is 185 g/mol. The van der Waals surface area contributed by atoms with Gasteiger partial charge in [0.15, 0.2) is 0 Å². The predicted molar refractivity (Wildman–Crippen MR) is 48.7 cm³/mol. The van der Waals surface area contributed by atoms with E-state index < -0.39 is 12.0 Å². The van der Waals surface area contributed by atoms with Crippen molar-refractivity contribution < 1.29 is 8.78 Å². The fourth-order valence-corrected chi connectivity index (χ4v) is 1.04. The van der Waals surface area contributed by atoms with Crippen LogP contribution in [0.25, 0.3) is 0 Å². The van der Waals surface area contributed by atoms with E-state index in [4.69, 9.17) is 5.73 Å². The zero-order chi connectivity index (χ0) is 10.1. The first-order valence-corrected chi connectivity index (χ1v) is 4.15. The maximum absolute atomic E-state index is 13.3. The van der Waals surface area contributed by atoms with Crippen LogP contribution in [-0.2, 0) is 5.92 Å². The smallest absolute Gasteiger partial charge is 0.287 e. The highest BCUT2D eigenvalue weighted by molar-refractivity contribution is 5.25. The molecule has 1 aromatic carbocycles. The summed E-state index contributed by atoms with van der Waals surface area (Å²) in [5, 5.41) is 0. The van der Waals surface area contributed by atoms with E-state index in [1.54, 1.807) is 12.1 Å². The molecule has 0 saturated heterocycles. The van der Waals surface area contributed by atoms with Crippen LogP contribution in [0.2, 0.25) is 0 Å². The highest BCUT2D eigenvalue weighted by atomic mass is 19.3. The van der Waals surface area contributed by atoms with E-state index in [-0.39, 0.29) is 5.56 Å². The van der Waals surface area contributed by atoms with Gasteiger partial charge in [0.2, 0.25) is 0 Å². The van der Waals surface area contributed by atoms with Gasteiger partial charge in [-0.05, 0) is 13.8 Å². The molecule has 0 fully saturated rings. The average Bonchev–Trinajstić information content (AvgIpc) is 2.04. The topological polar surface area (TPSA) is 26.0 Å². The zero-order valence-corrected chi connectivity index (χ0v) is 7.72. The van der Waals surface area contributed by atoms with Gasteiger partial charge in [0.1, 0.15) is 0 Å². The Balaban J connectivity index is 3.01. The third-order valence-corrected chi connectivity index (χ3v) is 2.01. The van der Waals surface area contributed by atoms with Crippen LogP contribution >= 0.6 is 0 Å². The summed E-state index contributed by atoms with van der Waals surface area (Å²) in [6, 6.07) is 4.99. The number of aryl methyl sites for hydroxylation is 1. The minimum absolute atomic E-state index is 0.0203. The SMILES string of the molecule is Cc1ccc(C(F)(F)C(C)N)cc1. The second-order valence-corrected chi connectivity index (χ2v) is 3.28. The van der Waals surface area contributed by atoms with Crippen molar-refractivity contribution in [3.05, 3.63) is 35.4 Å². The maximum Gasteiger partial charge on any atom is 0.287 e. The van der Waals surface area contributed by atoms with Gasteiger partial charge in [0, 0.05) is 5.56 Å². The van der Waals surface area contributed by atoms with E-state index in [1.165, 1.54) is 19.1 Å². The van der Waals surface area contributed by atoms with E-state index in [9.17, 15) is 8.78 Å². The lowest BCUT2D eigenvalue weighted by molar-refractivity contribution is -0.0256. The molecule has 0 amide bonds. The second-order valence-electron chi connectivity index (χ2n) is 3.28. The average molecular weight is 185 g/mol. The molecule has 0 aromatic heterocycles. The number of rotatable bonds is 2. The van der Waals surface area contributed by atoms with Gasteiger partial charge in [0.25, 0.3) is 5.92 Å². The van der Waals surface area contributed by atoms with Gasteiger partial charge in [0.05, 0.1) is 6.04 Å². The Morgan fingerprint density at radius 3 is 2.08 bits per heavy atom. The van der Waals surface area contributed by atoms with Crippen LogP contribution in [0.1, 0.15) is 18.1 Å². The number of hydrogen-bond acceptors (Lipinski definition) is 1. The summed E-state index contributed by atoms with van der Waals surface area (Å²) in [4.78, 5) is 0. The number of alkyl halides is 2. The van der Waals surface area contributed by atoms with E-state index >= 15 is 0 Å². The molecular formula is C10H13F2N. The molecule has 0 aliphatic heterocycles. The molecule has 0 radical (unpaired) electrons. The lowest BCUT2D eigenvalue weighted by atomic mass is 10.0. The molecule has 1 unspecified atom stereocenters. The molecule has 2 N–H and O–H groups in total. The largest absolute Gasteiger partial charge is 0.323 e. The van der Waals surface area contributed by atoms with Gasteiger partial charge in [-0.2, -0.15) is 8.78 Å². The summed E-state index contributed by atoms with van der Waals surface area (Å²) in [6.07, 6.45) is 0. The van der Waals surface area contributed by atoms with Crippen molar-refractivity contribution in [2.24, 2.45) is 5.73 Å². The lowest BCUT2D eigenvalue weighted by Gasteiger charge is -2.20. The summed E-state index contributed by atoms with van der Waals surface area (Å²) in [5.74, 6) is -2.94. The normalized spacial score (nSPS) is 14.2. The first-order valence-electron chi connectivity index (χ1n) is 4.15. The molecule has 0 aliphatic rings. The third kappa shape index (κ3) is 2.04. The molecule has 1 rings (SSSR count). The molecule has 3 heteroatoms. The van der Waals surface area contributed by atoms with Gasteiger partial charge in [-0.1, -0.05) is 29.8 Å². The first-order chi connectivity index (χ1) is 5.94. The van der Waals surface area contributed by atoms with Crippen LogP contribution in [0.4, 0.5) is 8.78 Å². The van der Waals surface area contributed by atoms with Crippen molar-refractivity contribution >= 4 is 0 Å². The van der Waals surface area contributed by atoms with Crippen LogP contribution in [-0.4, -0.2) is 6.04 Å². The lowest BCUT2D eigenvalue weighted by Crippen LogP contribution is -2.35. The summed E-state index contributed by atoms with van der Waals surface area (Å²) in [6.45, 7) is 3.16. The van der Waals surface area contributed by atoms with E-state index in [2.05, 4.69) is 0 Å². The standard InChI is InChI=1S/C10H13F2N/c1-7-3-5-9(6-4-7)10(11,12)8(2)13/h3-6,8H,13H2,1-2H3. The Morgan fingerprint density at radius 2 is 1.69 bits per heavy atom. The summed E-state index contributed by atoms with van der Waals surface area (Å²) in [7, 11) is 0. The Bertz CT molecular complexity index is 277. The maximum atomic E-state index is 13.3. The summed E-state index contributed by atoms with van der Waals surface area (Å²) < 4.78 is 26.6. The second kappa shape index (κ2) is 3.42. The quantitative estimate of drug-likeness (QED) is 0.752. The minimum atomic E-state index is -2.94. The Labute approximate surface area is 76.6 Å². The van der Waals surface area contributed by atoms with E-state index in [0.717, 1.165) is 5.56 Å². The van der Waals surface area contributed by atoms with Crippen molar-refractivity contribution in [3.63, 3.8) is 0 Å². The Hall–Kier alpha value is -0.960. The fraction of sp³-hybridized carbons (Fsp3) is 0.400. The fourth-order valence-electron chi connectivity index (χ4n) is 1.04. The highest BCUT2D eigenvalue weighted by Crippen LogP contribution is 2.30. The predicted octanol–water partition coefficient (Wildman–Crippen LogP) is 2.43. The molecule has 0 aliphatic carbocycles. The third-order valence-electron chi connectivity index (χ3n) is 2.01. The molecule has 0 bridgehead atoms. The highest BCUT2D eigenvalue weighted by Gasteiger charge is 2.35. The van der Waals surface area contributed by atoms with Gasteiger partial charge in [-0.25, -0.2) is 0 Å². The molecule has 0 spiro atoms. The van der Waals surface area contributed by atoms with E-state index in [0.29, 0.717) is 0 Å². The van der Waals surface area contributed by atoms with Crippen LogP contribution in [0.5, 0.6) is 0 Å². The summed E-state index contributed by atoms with van der Waals surface area (Å²) in [5.41, 5.74) is 6.13. The van der Waals surface area contributed by atoms with Crippen LogP contribution in [0.15, 0.2) is 24.3 Å². The summed E-state index contributed by atoms with van der Waals surface area (Å²) >= 11 is 0. The molecule has 1 nitrogen and oxygen atoms in total. The first kappa shape index (κ1) is 10.1. The molecule has 72 valence electrons. The van der Waals surface area contributed by atoms with Crippen LogP contribution < -0.4 is 5.73 Å².